The Morgan fingerprint density at radius 1 is 1.00 bits per heavy atom. The summed E-state index contributed by atoms with van der Waals surface area (Å²) in [6.07, 6.45) is 0. The Kier molecular flexibility index (Phi) is 6.69. The van der Waals surface area contributed by atoms with E-state index in [1.54, 1.807) is 0 Å². The molecule has 2 fully saturated rings. The molecule has 3 rings (SSSR count). The molecule has 0 saturated carbocycles. The molecule has 9 heteroatoms. The SMILES string of the molecule is CCN1CCN(C(=O)[C@H](C)N2CCN(S(=O)(=O)c3ccc(F)cc3)CC2)CC1. The second-order valence-electron chi connectivity index (χ2n) is 7.33. The van der Waals surface area contributed by atoms with E-state index in [0.29, 0.717) is 26.2 Å². The first-order valence-electron chi connectivity index (χ1n) is 9.84. The highest BCUT2D eigenvalue weighted by molar-refractivity contribution is 7.89. The van der Waals surface area contributed by atoms with Gasteiger partial charge in [-0.25, -0.2) is 12.8 Å². The van der Waals surface area contributed by atoms with Crippen LogP contribution in [0.3, 0.4) is 0 Å². The molecule has 1 atom stereocenters. The molecule has 0 aliphatic carbocycles. The second kappa shape index (κ2) is 8.86. The predicted molar refractivity (Wildman–Crippen MR) is 105 cm³/mol. The lowest BCUT2D eigenvalue weighted by molar-refractivity contribution is -0.138. The zero-order valence-electron chi connectivity index (χ0n) is 16.6. The van der Waals surface area contributed by atoms with Crippen molar-refractivity contribution in [1.29, 1.82) is 0 Å². The molecule has 0 spiro atoms. The normalized spacial score (nSPS) is 21.6. The van der Waals surface area contributed by atoms with Crippen LogP contribution in [0, 0.1) is 5.82 Å². The number of benzene rings is 1. The number of carbonyl (C=O) groups excluding carboxylic acids is 1. The van der Waals surface area contributed by atoms with Crippen LogP contribution in [0.4, 0.5) is 4.39 Å². The predicted octanol–water partition coefficient (Wildman–Crippen LogP) is 0.685. The number of likely N-dealkylation sites (N-methyl/N-ethyl adjacent to an activating group) is 1. The fraction of sp³-hybridized carbons (Fsp3) is 0.632. The van der Waals surface area contributed by atoms with Crippen molar-refractivity contribution in [3.8, 4) is 0 Å². The van der Waals surface area contributed by atoms with E-state index in [2.05, 4.69) is 11.8 Å². The van der Waals surface area contributed by atoms with Crippen molar-refractivity contribution in [3.05, 3.63) is 30.1 Å². The van der Waals surface area contributed by atoms with Crippen LogP contribution in [-0.2, 0) is 14.8 Å². The minimum absolute atomic E-state index is 0.0975. The van der Waals surface area contributed by atoms with Crippen molar-refractivity contribution < 1.29 is 17.6 Å². The quantitative estimate of drug-likeness (QED) is 0.712. The number of piperazine rings is 2. The first kappa shape index (κ1) is 21.2. The van der Waals surface area contributed by atoms with Gasteiger partial charge in [0.25, 0.3) is 0 Å². The summed E-state index contributed by atoms with van der Waals surface area (Å²) in [6.45, 7) is 9.97. The molecule has 2 saturated heterocycles. The average Bonchev–Trinajstić information content (AvgIpc) is 2.73. The first-order valence-corrected chi connectivity index (χ1v) is 11.3. The van der Waals surface area contributed by atoms with Gasteiger partial charge in [-0.15, -0.1) is 0 Å². The molecule has 1 amide bonds. The van der Waals surface area contributed by atoms with Gasteiger partial charge in [0.1, 0.15) is 5.82 Å². The number of amides is 1. The first-order chi connectivity index (χ1) is 13.3. The van der Waals surface area contributed by atoms with Crippen molar-refractivity contribution in [1.82, 2.24) is 19.0 Å². The Labute approximate surface area is 166 Å². The minimum Gasteiger partial charge on any atom is -0.339 e. The van der Waals surface area contributed by atoms with Gasteiger partial charge in [0.05, 0.1) is 10.9 Å². The molecule has 2 aliphatic rings. The third-order valence-corrected chi connectivity index (χ3v) is 7.67. The van der Waals surface area contributed by atoms with Gasteiger partial charge in [0.2, 0.25) is 15.9 Å². The number of carbonyl (C=O) groups is 1. The molecule has 0 aromatic heterocycles. The van der Waals surface area contributed by atoms with Gasteiger partial charge in [-0.2, -0.15) is 4.31 Å². The van der Waals surface area contributed by atoms with Crippen molar-refractivity contribution in [2.24, 2.45) is 0 Å². The highest BCUT2D eigenvalue weighted by atomic mass is 32.2. The zero-order chi connectivity index (χ0) is 20.3. The van der Waals surface area contributed by atoms with E-state index in [9.17, 15) is 17.6 Å². The Bertz CT molecular complexity index is 771. The Hall–Kier alpha value is -1.55. The smallest absolute Gasteiger partial charge is 0.243 e. The highest BCUT2D eigenvalue weighted by Crippen LogP contribution is 2.19. The zero-order valence-corrected chi connectivity index (χ0v) is 17.4. The summed E-state index contributed by atoms with van der Waals surface area (Å²) >= 11 is 0. The van der Waals surface area contributed by atoms with E-state index in [-0.39, 0.29) is 16.8 Å². The molecule has 7 nitrogen and oxygen atoms in total. The summed E-state index contributed by atoms with van der Waals surface area (Å²) in [5.41, 5.74) is 0. The summed E-state index contributed by atoms with van der Waals surface area (Å²) in [5, 5.41) is 0. The van der Waals surface area contributed by atoms with E-state index in [4.69, 9.17) is 0 Å². The molecule has 28 heavy (non-hydrogen) atoms. The van der Waals surface area contributed by atoms with Gasteiger partial charge >= 0.3 is 0 Å². The maximum Gasteiger partial charge on any atom is 0.243 e. The molecule has 2 heterocycles. The van der Waals surface area contributed by atoms with E-state index in [1.165, 1.54) is 16.4 Å². The van der Waals surface area contributed by atoms with Crippen molar-refractivity contribution >= 4 is 15.9 Å². The lowest BCUT2D eigenvalue weighted by atomic mass is 10.2. The monoisotopic (exact) mass is 412 g/mol. The number of sulfonamides is 1. The van der Waals surface area contributed by atoms with Gasteiger partial charge in [0.15, 0.2) is 0 Å². The van der Waals surface area contributed by atoms with Crippen LogP contribution in [0.2, 0.25) is 0 Å². The van der Waals surface area contributed by atoms with E-state index in [1.807, 2.05) is 16.7 Å². The van der Waals surface area contributed by atoms with Crippen LogP contribution in [0.15, 0.2) is 29.2 Å². The highest BCUT2D eigenvalue weighted by Gasteiger charge is 2.33. The van der Waals surface area contributed by atoms with E-state index < -0.39 is 15.8 Å². The molecule has 0 N–H and O–H groups in total. The van der Waals surface area contributed by atoms with Crippen LogP contribution < -0.4 is 0 Å². The van der Waals surface area contributed by atoms with Gasteiger partial charge in [-0.05, 0) is 37.7 Å². The lowest BCUT2D eigenvalue weighted by Gasteiger charge is -2.40. The number of halogens is 1. The fourth-order valence-corrected chi connectivity index (χ4v) is 5.21. The topological polar surface area (TPSA) is 64.2 Å². The van der Waals surface area contributed by atoms with Crippen molar-refractivity contribution in [2.45, 2.75) is 24.8 Å². The summed E-state index contributed by atoms with van der Waals surface area (Å²) in [4.78, 5) is 19.2. The van der Waals surface area contributed by atoms with Crippen LogP contribution in [0.25, 0.3) is 0 Å². The summed E-state index contributed by atoms with van der Waals surface area (Å²) in [5.74, 6) is -0.346. The van der Waals surface area contributed by atoms with Crippen LogP contribution in [0.5, 0.6) is 0 Å². The molecular weight excluding hydrogens is 383 g/mol. The van der Waals surface area contributed by atoms with Crippen molar-refractivity contribution in [3.63, 3.8) is 0 Å². The Morgan fingerprint density at radius 2 is 1.57 bits per heavy atom. The number of rotatable bonds is 5. The standard InChI is InChI=1S/C19H29FN4O3S/c1-3-21-8-10-23(11-9-21)19(25)16(2)22-12-14-24(15-13-22)28(26,27)18-6-4-17(20)5-7-18/h4-7,16H,3,8-15H2,1-2H3/t16-/m0/s1. The molecule has 1 aromatic carbocycles. The lowest BCUT2D eigenvalue weighted by Crippen LogP contribution is -2.57. The molecule has 0 radical (unpaired) electrons. The third-order valence-electron chi connectivity index (χ3n) is 5.76. The van der Waals surface area contributed by atoms with Gasteiger partial charge in [-0.1, -0.05) is 6.92 Å². The summed E-state index contributed by atoms with van der Waals surface area (Å²) in [7, 11) is -3.64. The number of hydrogen-bond donors (Lipinski definition) is 0. The van der Waals surface area contributed by atoms with Crippen LogP contribution in [0.1, 0.15) is 13.8 Å². The molecule has 1 aromatic rings. The van der Waals surface area contributed by atoms with Gasteiger partial charge in [0, 0.05) is 52.4 Å². The van der Waals surface area contributed by atoms with Crippen molar-refractivity contribution in [2.75, 3.05) is 58.9 Å². The summed E-state index contributed by atoms with van der Waals surface area (Å²) < 4.78 is 39.9. The fourth-order valence-electron chi connectivity index (χ4n) is 3.79. The van der Waals surface area contributed by atoms with Gasteiger partial charge in [-0.3, -0.25) is 9.69 Å². The third kappa shape index (κ3) is 4.53. The maximum atomic E-state index is 13.1. The molecule has 0 bridgehead atoms. The minimum atomic E-state index is -3.64. The summed E-state index contributed by atoms with van der Waals surface area (Å²) in [6, 6.07) is 4.63. The molecule has 0 unspecified atom stereocenters. The number of hydrogen-bond acceptors (Lipinski definition) is 5. The Morgan fingerprint density at radius 3 is 2.11 bits per heavy atom. The molecule has 2 aliphatic heterocycles. The average molecular weight is 413 g/mol. The van der Waals surface area contributed by atoms with Crippen LogP contribution in [-0.4, -0.2) is 98.3 Å². The Balaban J connectivity index is 1.56. The molecular formula is C19H29FN4O3S. The second-order valence-corrected chi connectivity index (χ2v) is 9.27. The van der Waals surface area contributed by atoms with E-state index >= 15 is 0 Å². The van der Waals surface area contributed by atoms with Crippen LogP contribution >= 0.6 is 0 Å². The van der Waals surface area contributed by atoms with Gasteiger partial charge < -0.3 is 9.80 Å². The molecule has 156 valence electrons. The van der Waals surface area contributed by atoms with E-state index in [0.717, 1.165) is 44.9 Å². The number of nitrogens with zero attached hydrogens (tertiary/aromatic N) is 4. The largest absolute Gasteiger partial charge is 0.339 e. The maximum absolute atomic E-state index is 13.1.